The molecule has 4 rings (SSSR count). The topological polar surface area (TPSA) is 36.4 Å². The minimum Gasteiger partial charge on any atom is -0.393 e. The van der Waals surface area contributed by atoms with E-state index in [-0.39, 0.29) is 22.3 Å². The maximum atomic E-state index is 13.4. The largest absolute Gasteiger partial charge is 0.393 e. The first kappa shape index (κ1) is 12.5. The molecule has 0 radical (unpaired) electrons. The summed E-state index contributed by atoms with van der Waals surface area (Å²) in [6.45, 7) is 0. The molecule has 1 N–H and O–H groups in total. The first-order valence-electron chi connectivity index (χ1n) is 6.67. The van der Waals surface area contributed by atoms with E-state index in [0.29, 0.717) is 5.52 Å². The van der Waals surface area contributed by atoms with E-state index in [0.717, 1.165) is 23.9 Å². The van der Waals surface area contributed by atoms with Gasteiger partial charge in [0.05, 0.1) is 28.5 Å². The number of pyridine rings is 1. The number of benzene rings is 1. The molecule has 1 atom stereocenters. The molecule has 1 fully saturated rings. The van der Waals surface area contributed by atoms with Crippen LogP contribution < -0.4 is 4.90 Å². The zero-order chi connectivity index (χ0) is 14.1. The molecule has 0 amide bonds. The van der Waals surface area contributed by atoms with Gasteiger partial charge in [-0.15, -0.1) is 0 Å². The third-order valence-corrected chi connectivity index (χ3v) is 6.18. The van der Waals surface area contributed by atoms with Crippen molar-refractivity contribution in [1.82, 2.24) is 4.98 Å². The van der Waals surface area contributed by atoms with Crippen LogP contribution in [0.4, 0.5) is 10.1 Å². The number of anilines is 1. The van der Waals surface area contributed by atoms with Gasteiger partial charge in [0, 0.05) is 23.9 Å². The quantitative estimate of drug-likeness (QED) is 0.593. The zero-order valence-electron chi connectivity index (χ0n) is 11.0. The molecule has 3 nitrogen and oxygen atoms in total. The fraction of sp³-hybridized carbons (Fsp3) is 0.400. The Morgan fingerprint density at radius 1 is 1.45 bits per heavy atom. The highest BCUT2D eigenvalue weighted by molar-refractivity contribution is 9.09. The number of likely N-dealkylation sites (N-methyl/N-ethyl adjacent to an activating group) is 1. The Morgan fingerprint density at radius 2 is 2.20 bits per heavy atom. The maximum Gasteiger partial charge on any atom is 0.125 e. The van der Waals surface area contributed by atoms with E-state index >= 15 is 0 Å². The number of hydrogen-bond donors (Lipinski definition) is 1. The Morgan fingerprint density at radius 3 is 2.90 bits per heavy atom. The number of rotatable bonds is 0. The van der Waals surface area contributed by atoms with Gasteiger partial charge in [-0.25, -0.2) is 4.39 Å². The van der Waals surface area contributed by atoms with Gasteiger partial charge in [-0.3, -0.25) is 4.98 Å². The SMILES string of the molecule is CN1c2cnc3cc(F)ccc3c2C2(CC(O)C2)C1Br. The predicted molar refractivity (Wildman–Crippen MR) is 79.7 cm³/mol. The molecule has 20 heavy (non-hydrogen) atoms. The zero-order valence-corrected chi connectivity index (χ0v) is 12.6. The van der Waals surface area contributed by atoms with Gasteiger partial charge in [-0.1, -0.05) is 15.9 Å². The van der Waals surface area contributed by atoms with Crippen molar-refractivity contribution in [2.75, 3.05) is 11.9 Å². The van der Waals surface area contributed by atoms with Crippen LogP contribution in [0.15, 0.2) is 24.4 Å². The van der Waals surface area contributed by atoms with Crippen LogP contribution in [0.1, 0.15) is 18.4 Å². The van der Waals surface area contributed by atoms with E-state index in [2.05, 4.69) is 25.8 Å². The van der Waals surface area contributed by atoms with Crippen molar-refractivity contribution in [3.63, 3.8) is 0 Å². The first-order chi connectivity index (χ1) is 9.53. The summed E-state index contributed by atoms with van der Waals surface area (Å²) in [5.41, 5.74) is 2.84. The van der Waals surface area contributed by atoms with E-state index in [9.17, 15) is 9.50 Å². The van der Waals surface area contributed by atoms with Crippen LogP contribution in [0.3, 0.4) is 0 Å². The fourth-order valence-electron chi connectivity index (χ4n) is 3.74. The lowest BCUT2D eigenvalue weighted by atomic mass is 9.63. The minimum absolute atomic E-state index is 0.0947. The maximum absolute atomic E-state index is 13.4. The second-order valence-corrected chi connectivity index (χ2v) is 6.71. The highest BCUT2D eigenvalue weighted by atomic mass is 79.9. The summed E-state index contributed by atoms with van der Waals surface area (Å²) >= 11 is 3.76. The summed E-state index contributed by atoms with van der Waals surface area (Å²) in [4.78, 5) is 6.67. The summed E-state index contributed by atoms with van der Waals surface area (Å²) in [7, 11) is 2.02. The molecule has 2 heterocycles. The number of alkyl halides is 1. The number of aromatic nitrogens is 1. The molecule has 1 unspecified atom stereocenters. The third kappa shape index (κ3) is 1.40. The number of aliphatic hydroxyl groups excluding tert-OH is 1. The van der Waals surface area contributed by atoms with Crippen LogP contribution in [0.25, 0.3) is 10.9 Å². The molecular weight excluding hydrogens is 323 g/mol. The van der Waals surface area contributed by atoms with Gasteiger partial charge in [0.25, 0.3) is 0 Å². The van der Waals surface area contributed by atoms with E-state index in [1.165, 1.54) is 17.7 Å². The van der Waals surface area contributed by atoms with Gasteiger partial charge in [-0.2, -0.15) is 0 Å². The van der Waals surface area contributed by atoms with E-state index < -0.39 is 0 Å². The molecule has 1 aliphatic carbocycles. The Bertz CT molecular complexity index is 714. The lowest BCUT2D eigenvalue weighted by Gasteiger charge is -2.46. The molecule has 2 aliphatic rings. The van der Waals surface area contributed by atoms with Crippen LogP contribution in [0, 0.1) is 5.82 Å². The second-order valence-electron chi connectivity index (χ2n) is 5.84. The second kappa shape index (κ2) is 3.92. The molecule has 2 aromatic rings. The Kier molecular flexibility index (Phi) is 2.46. The Balaban J connectivity index is 2.03. The third-order valence-electron chi connectivity index (χ3n) is 4.68. The van der Waals surface area contributed by atoms with Crippen LogP contribution in [-0.2, 0) is 5.41 Å². The Labute approximate surface area is 124 Å². The van der Waals surface area contributed by atoms with Gasteiger partial charge < -0.3 is 10.0 Å². The highest BCUT2D eigenvalue weighted by Gasteiger charge is 2.57. The number of halogens is 2. The molecule has 1 aliphatic heterocycles. The number of nitrogens with zero attached hydrogens (tertiary/aromatic N) is 2. The van der Waals surface area contributed by atoms with Gasteiger partial charge in [0.1, 0.15) is 5.82 Å². The van der Waals surface area contributed by atoms with Gasteiger partial charge in [0.2, 0.25) is 0 Å². The summed E-state index contributed by atoms with van der Waals surface area (Å²) < 4.78 is 13.4. The average Bonchev–Trinajstić information content (AvgIpc) is 2.61. The van der Waals surface area contributed by atoms with Crippen molar-refractivity contribution in [1.29, 1.82) is 0 Å². The molecule has 1 aromatic carbocycles. The van der Waals surface area contributed by atoms with Crippen molar-refractivity contribution in [3.8, 4) is 0 Å². The van der Waals surface area contributed by atoms with Crippen molar-refractivity contribution in [3.05, 3.63) is 35.8 Å². The van der Waals surface area contributed by atoms with Crippen molar-refractivity contribution in [2.24, 2.45) is 0 Å². The number of fused-ring (bicyclic) bond motifs is 4. The van der Waals surface area contributed by atoms with Gasteiger partial charge in [-0.05, 0) is 30.5 Å². The molecule has 104 valence electrons. The molecule has 0 saturated heterocycles. The Hall–Kier alpha value is -1.20. The monoisotopic (exact) mass is 336 g/mol. The van der Waals surface area contributed by atoms with Crippen molar-refractivity contribution >= 4 is 32.5 Å². The molecule has 1 spiro atoms. The van der Waals surface area contributed by atoms with Crippen molar-refractivity contribution in [2.45, 2.75) is 29.3 Å². The summed E-state index contributed by atoms with van der Waals surface area (Å²) in [6.07, 6.45) is 3.02. The fourth-order valence-corrected chi connectivity index (χ4v) is 4.56. The predicted octanol–water partition coefficient (Wildman–Crippen LogP) is 2.94. The van der Waals surface area contributed by atoms with Crippen molar-refractivity contribution < 1.29 is 9.50 Å². The molecule has 1 saturated carbocycles. The smallest absolute Gasteiger partial charge is 0.125 e. The van der Waals surface area contributed by atoms with E-state index in [1.54, 1.807) is 0 Å². The molecule has 5 heteroatoms. The standard InChI is InChI=1S/C15H14BrFN2O/c1-19-12-7-18-11-4-8(17)2-3-10(11)13(12)15(14(19)16)5-9(20)6-15/h2-4,7,9,14,20H,5-6H2,1H3. The van der Waals surface area contributed by atoms with E-state index in [4.69, 9.17) is 0 Å². The summed E-state index contributed by atoms with van der Waals surface area (Å²) in [5, 5.41) is 10.8. The van der Waals surface area contributed by atoms with Crippen LogP contribution in [0.2, 0.25) is 0 Å². The molecule has 1 aromatic heterocycles. The number of hydrogen-bond acceptors (Lipinski definition) is 3. The van der Waals surface area contributed by atoms with Crippen LogP contribution >= 0.6 is 15.9 Å². The van der Waals surface area contributed by atoms with Crippen LogP contribution in [0.5, 0.6) is 0 Å². The van der Waals surface area contributed by atoms with Gasteiger partial charge >= 0.3 is 0 Å². The highest BCUT2D eigenvalue weighted by Crippen LogP contribution is 2.59. The average molecular weight is 337 g/mol. The normalized spacial score (nSPS) is 31.7. The lowest BCUT2D eigenvalue weighted by Crippen LogP contribution is -2.51. The van der Waals surface area contributed by atoms with Gasteiger partial charge in [0.15, 0.2) is 0 Å². The minimum atomic E-state index is -0.269. The summed E-state index contributed by atoms with van der Waals surface area (Å²) in [5.74, 6) is -0.269. The van der Waals surface area contributed by atoms with Crippen LogP contribution in [-0.4, -0.2) is 28.2 Å². The first-order valence-corrected chi connectivity index (χ1v) is 7.58. The number of aliphatic hydroxyl groups is 1. The lowest BCUT2D eigenvalue weighted by molar-refractivity contribution is 0.0229. The molecule has 0 bridgehead atoms. The summed E-state index contributed by atoms with van der Waals surface area (Å²) in [6, 6.07) is 4.76. The molecular formula is C15H14BrFN2O. The van der Waals surface area contributed by atoms with E-state index in [1.807, 2.05) is 19.3 Å².